The van der Waals surface area contributed by atoms with Crippen LogP contribution in [0.5, 0.6) is 0 Å². The number of unbranched alkanes of at least 4 members (excludes halogenated alkanes) is 4. The van der Waals surface area contributed by atoms with Crippen LogP contribution in [0.3, 0.4) is 0 Å². The van der Waals surface area contributed by atoms with E-state index in [0.29, 0.717) is 19.4 Å². The molecule has 0 rings (SSSR count). The molecule has 0 aliphatic rings. The number of ether oxygens (including phenoxy) is 1. The van der Waals surface area contributed by atoms with E-state index < -0.39 is 5.97 Å². The van der Waals surface area contributed by atoms with Crippen molar-refractivity contribution in [2.75, 3.05) is 6.61 Å². The summed E-state index contributed by atoms with van der Waals surface area (Å²) in [6.45, 7) is 2.27. The number of carboxylic acid groups (broad SMARTS) is 1. The first-order valence-corrected chi connectivity index (χ1v) is 9.84. The van der Waals surface area contributed by atoms with Crippen LogP contribution in [0.4, 0.5) is 0 Å². The molecule has 0 aromatic rings. The van der Waals surface area contributed by atoms with Crippen molar-refractivity contribution in [1.82, 2.24) is 0 Å². The summed E-state index contributed by atoms with van der Waals surface area (Å²) in [7, 11) is 0. The number of aliphatic carboxylic acids is 1. The van der Waals surface area contributed by atoms with Crippen LogP contribution in [0.15, 0.2) is 0 Å². The van der Waals surface area contributed by atoms with Crippen molar-refractivity contribution >= 4 is 11.9 Å². The van der Waals surface area contributed by atoms with E-state index in [1.54, 1.807) is 0 Å². The van der Waals surface area contributed by atoms with Crippen LogP contribution in [0, 0.1) is 0 Å². The van der Waals surface area contributed by atoms with Gasteiger partial charge < -0.3 is 21.3 Å². The third-order valence-electron chi connectivity index (χ3n) is 4.38. The monoisotopic (exact) mass is 358 g/mol. The first kappa shape index (κ1) is 23.9. The second-order valence-electron chi connectivity index (χ2n) is 6.85. The summed E-state index contributed by atoms with van der Waals surface area (Å²) in [5.74, 6) is -0.846. The number of hydrogen-bond acceptors (Lipinski definition) is 5. The zero-order valence-electron chi connectivity index (χ0n) is 15.9. The van der Waals surface area contributed by atoms with E-state index in [-0.39, 0.29) is 24.5 Å². The summed E-state index contributed by atoms with van der Waals surface area (Å²) < 4.78 is 4.89. The lowest BCUT2D eigenvalue weighted by molar-refractivity contribution is -0.143. The van der Waals surface area contributed by atoms with Gasteiger partial charge in [-0.1, -0.05) is 32.1 Å². The van der Waals surface area contributed by atoms with Crippen LogP contribution in [0.2, 0.25) is 0 Å². The molecular formula is C19H38N2O4. The van der Waals surface area contributed by atoms with Gasteiger partial charge in [0.1, 0.15) is 0 Å². The number of carbonyl (C=O) groups excluding carboxylic acids is 1. The molecule has 2 atom stereocenters. The smallest absolute Gasteiger partial charge is 0.305 e. The highest BCUT2D eigenvalue weighted by molar-refractivity contribution is 5.69. The highest BCUT2D eigenvalue weighted by Crippen LogP contribution is 2.13. The standard InChI is InChI=1S/C19H38N2O4/c1-2-25-19(24)15-9-7-13-17(21)11-5-3-4-10-16(20)12-6-8-14-18(22)23/h16-17H,2-15,20-21H2,1H3,(H,22,23). The van der Waals surface area contributed by atoms with Gasteiger partial charge in [-0.25, -0.2) is 0 Å². The normalized spacial score (nSPS) is 13.4. The number of hydrogen-bond donors (Lipinski definition) is 3. The Morgan fingerprint density at radius 1 is 0.800 bits per heavy atom. The summed E-state index contributed by atoms with van der Waals surface area (Å²) in [5.41, 5.74) is 12.2. The predicted molar refractivity (Wildman–Crippen MR) is 100 cm³/mol. The molecule has 2 unspecified atom stereocenters. The lowest BCUT2D eigenvalue weighted by Gasteiger charge is -2.13. The minimum atomic E-state index is -0.731. The Labute approximate surface area is 152 Å². The van der Waals surface area contributed by atoms with Crippen LogP contribution < -0.4 is 11.5 Å². The van der Waals surface area contributed by atoms with Gasteiger partial charge in [0.15, 0.2) is 0 Å². The van der Waals surface area contributed by atoms with Crippen molar-refractivity contribution in [3.05, 3.63) is 0 Å². The van der Waals surface area contributed by atoms with Gasteiger partial charge in [0.25, 0.3) is 0 Å². The molecule has 0 spiro atoms. The fraction of sp³-hybridized carbons (Fsp3) is 0.895. The van der Waals surface area contributed by atoms with Crippen LogP contribution in [-0.2, 0) is 14.3 Å². The van der Waals surface area contributed by atoms with Crippen molar-refractivity contribution in [1.29, 1.82) is 0 Å². The molecule has 6 nitrogen and oxygen atoms in total. The lowest BCUT2D eigenvalue weighted by atomic mass is 9.99. The van der Waals surface area contributed by atoms with Gasteiger partial charge in [-0.05, 0) is 45.4 Å². The van der Waals surface area contributed by atoms with Crippen LogP contribution >= 0.6 is 0 Å². The molecule has 25 heavy (non-hydrogen) atoms. The lowest BCUT2D eigenvalue weighted by Crippen LogP contribution is -2.20. The van der Waals surface area contributed by atoms with E-state index >= 15 is 0 Å². The molecule has 0 radical (unpaired) electrons. The Bertz CT molecular complexity index is 350. The topological polar surface area (TPSA) is 116 Å². The third kappa shape index (κ3) is 17.5. The Hall–Kier alpha value is -1.14. The van der Waals surface area contributed by atoms with Gasteiger partial charge in [0.2, 0.25) is 0 Å². The van der Waals surface area contributed by atoms with Crippen LogP contribution in [-0.4, -0.2) is 35.7 Å². The van der Waals surface area contributed by atoms with E-state index in [4.69, 9.17) is 21.3 Å². The van der Waals surface area contributed by atoms with Crippen molar-refractivity contribution in [3.63, 3.8) is 0 Å². The van der Waals surface area contributed by atoms with Gasteiger partial charge in [-0.3, -0.25) is 9.59 Å². The molecule has 0 aliphatic heterocycles. The maximum Gasteiger partial charge on any atom is 0.305 e. The molecule has 0 fully saturated rings. The van der Waals surface area contributed by atoms with E-state index in [2.05, 4.69) is 0 Å². The quantitative estimate of drug-likeness (QED) is 0.271. The molecule has 5 N–H and O–H groups in total. The Morgan fingerprint density at radius 3 is 1.68 bits per heavy atom. The van der Waals surface area contributed by atoms with Gasteiger partial charge >= 0.3 is 11.9 Å². The van der Waals surface area contributed by atoms with E-state index in [1.165, 1.54) is 0 Å². The molecule has 148 valence electrons. The summed E-state index contributed by atoms with van der Waals surface area (Å²) in [5, 5.41) is 8.58. The molecule has 0 aliphatic carbocycles. The second-order valence-corrected chi connectivity index (χ2v) is 6.85. The molecule has 0 saturated carbocycles. The first-order valence-electron chi connectivity index (χ1n) is 9.84. The Kier molecular flexibility index (Phi) is 15.6. The van der Waals surface area contributed by atoms with Gasteiger partial charge in [0, 0.05) is 24.9 Å². The molecule has 0 amide bonds. The second kappa shape index (κ2) is 16.3. The fourth-order valence-electron chi connectivity index (χ4n) is 2.87. The Morgan fingerprint density at radius 2 is 1.24 bits per heavy atom. The zero-order chi connectivity index (χ0) is 18.9. The number of esters is 1. The summed E-state index contributed by atoms with van der Waals surface area (Å²) in [6, 6.07) is 0.400. The molecule has 0 saturated heterocycles. The van der Waals surface area contributed by atoms with Crippen LogP contribution in [0.25, 0.3) is 0 Å². The zero-order valence-corrected chi connectivity index (χ0v) is 15.9. The van der Waals surface area contributed by atoms with Gasteiger partial charge in [0.05, 0.1) is 6.61 Å². The van der Waals surface area contributed by atoms with Crippen LogP contribution in [0.1, 0.15) is 90.4 Å². The maximum atomic E-state index is 11.2. The Balaban J connectivity index is 3.40. The minimum Gasteiger partial charge on any atom is -0.481 e. The van der Waals surface area contributed by atoms with Gasteiger partial charge in [-0.2, -0.15) is 0 Å². The summed E-state index contributed by atoms with van der Waals surface area (Å²) >= 11 is 0. The molecule has 0 bridgehead atoms. The number of rotatable bonds is 17. The highest BCUT2D eigenvalue weighted by atomic mass is 16.5. The molecule has 0 aromatic carbocycles. The van der Waals surface area contributed by atoms with Crippen molar-refractivity contribution in [3.8, 4) is 0 Å². The number of nitrogens with two attached hydrogens (primary N) is 2. The fourth-order valence-corrected chi connectivity index (χ4v) is 2.87. The largest absolute Gasteiger partial charge is 0.481 e. The highest BCUT2D eigenvalue weighted by Gasteiger charge is 2.06. The summed E-state index contributed by atoms with van der Waals surface area (Å²) in [6.07, 6.45) is 11.4. The maximum absolute atomic E-state index is 11.2. The molecular weight excluding hydrogens is 320 g/mol. The number of carbonyl (C=O) groups is 2. The first-order chi connectivity index (χ1) is 12.0. The SMILES string of the molecule is CCOC(=O)CCCCC(N)CCCCCC(N)CCCCC(=O)O. The van der Waals surface area contributed by atoms with Gasteiger partial charge in [-0.15, -0.1) is 0 Å². The average molecular weight is 359 g/mol. The number of carboxylic acids is 1. The van der Waals surface area contributed by atoms with E-state index in [0.717, 1.165) is 64.2 Å². The minimum absolute atomic E-state index is 0.115. The third-order valence-corrected chi connectivity index (χ3v) is 4.38. The summed E-state index contributed by atoms with van der Waals surface area (Å²) in [4.78, 5) is 21.6. The van der Waals surface area contributed by atoms with Crippen molar-refractivity contribution < 1.29 is 19.4 Å². The molecule has 0 aromatic heterocycles. The van der Waals surface area contributed by atoms with Crippen molar-refractivity contribution in [2.45, 2.75) is 102 Å². The van der Waals surface area contributed by atoms with E-state index in [9.17, 15) is 9.59 Å². The average Bonchev–Trinajstić information content (AvgIpc) is 2.55. The molecule has 6 heteroatoms. The predicted octanol–water partition coefficient (Wildman–Crippen LogP) is 3.36. The van der Waals surface area contributed by atoms with Crippen molar-refractivity contribution in [2.24, 2.45) is 11.5 Å². The van der Waals surface area contributed by atoms with E-state index in [1.807, 2.05) is 6.92 Å². The molecule has 0 heterocycles.